The largest absolute Gasteiger partial charge is 1.00 e. The zero-order valence-electron chi connectivity index (χ0n) is 12.9. The van der Waals surface area contributed by atoms with Crippen molar-refractivity contribution in [1.82, 2.24) is 0 Å². The van der Waals surface area contributed by atoms with E-state index in [-0.39, 0.29) is 84.5 Å². The van der Waals surface area contributed by atoms with Crippen molar-refractivity contribution in [3.8, 4) is 0 Å². The van der Waals surface area contributed by atoms with Gasteiger partial charge in [-0.25, -0.2) is 16.8 Å². The number of rotatable bonds is 6. The first-order valence-corrected chi connectivity index (χ1v) is 9.87. The number of hydrogen-bond donors (Lipinski definition) is 4. The first-order chi connectivity index (χ1) is 9.18. The van der Waals surface area contributed by atoms with E-state index in [0.29, 0.717) is 0 Å². The molecule has 12 nitrogen and oxygen atoms in total. The molecule has 0 bridgehead atoms. The van der Waals surface area contributed by atoms with Crippen LogP contribution in [-0.4, -0.2) is 75.8 Å². The molecule has 0 radical (unpaired) electrons. The summed E-state index contributed by atoms with van der Waals surface area (Å²) in [6.45, 7) is -0.212. The summed E-state index contributed by atoms with van der Waals surface area (Å²) >= 11 is 0. The minimum atomic E-state index is -4.05. The molecule has 0 heterocycles. The van der Waals surface area contributed by atoms with Gasteiger partial charge in [-0.1, -0.05) is 0 Å². The standard InChI is InChI=1S/3C2H7NO3S.2Na/c3*3-1-2-7(4,5)6;;/h3*1-3H2,(H,4,5,6);;/q;;;2*+1/p-2. The van der Waals surface area contributed by atoms with Gasteiger partial charge < -0.3 is 26.3 Å². The molecule has 0 aliphatic carbocycles. The normalized spacial score (nSPS) is 10.7. The van der Waals surface area contributed by atoms with Gasteiger partial charge in [0.1, 0.15) is 0 Å². The van der Waals surface area contributed by atoms with Gasteiger partial charge in [0.25, 0.3) is 10.1 Å². The first kappa shape index (κ1) is 35.7. The predicted octanol–water partition coefficient (Wildman–Crippen LogP) is -10.2. The molecule has 132 valence electrons. The van der Waals surface area contributed by atoms with Crippen LogP contribution in [-0.2, 0) is 30.4 Å². The van der Waals surface area contributed by atoms with Gasteiger partial charge in [-0.3, -0.25) is 4.55 Å². The summed E-state index contributed by atoms with van der Waals surface area (Å²) in [5.41, 5.74) is 14.2. The quantitative estimate of drug-likeness (QED) is 0.231. The molecule has 0 aliphatic heterocycles. The Morgan fingerprint density at radius 1 is 0.652 bits per heavy atom. The maximum absolute atomic E-state index is 9.71. The molecule has 0 spiro atoms. The fourth-order valence-corrected chi connectivity index (χ4v) is 1.31. The second-order valence-electron chi connectivity index (χ2n) is 3.18. The van der Waals surface area contributed by atoms with E-state index < -0.39 is 41.9 Å². The molecule has 0 aromatic carbocycles. The summed E-state index contributed by atoms with van der Waals surface area (Å²) in [5.74, 6) is -1.28. The molecule has 0 atom stereocenters. The summed E-state index contributed by atoms with van der Waals surface area (Å²) in [5, 5.41) is 0. The van der Waals surface area contributed by atoms with Crippen molar-refractivity contribution in [3.05, 3.63) is 0 Å². The third kappa shape index (κ3) is 59.5. The van der Waals surface area contributed by atoms with E-state index in [9.17, 15) is 34.4 Å². The average molecular weight is 419 g/mol. The molecule has 0 aromatic rings. The third-order valence-corrected chi connectivity index (χ3v) is 3.33. The molecule has 17 heteroatoms. The topological polar surface area (TPSA) is 247 Å². The van der Waals surface area contributed by atoms with Crippen molar-refractivity contribution in [2.45, 2.75) is 0 Å². The van der Waals surface area contributed by atoms with E-state index in [4.69, 9.17) is 21.8 Å². The van der Waals surface area contributed by atoms with Gasteiger partial charge in [0, 0.05) is 19.6 Å². The van der Waals surface area contributed by atoms with Crippen LogP contribution >= 0.6 is 0 Å². The van der Waals surface area contributed by atoms with Crippen LogP contribution < -0.4 is 76.3 Å². The summed E-state index contributed by atoms with van der Waals surface area (Å²) in [6, 6.07) is 0. The SMILES string of the molecule is NCCS(=O)(=O)O.NCCS(=O)(=O)[O-].NCCS(=O)(=O)[O-].[Na+].[Na+]. The van der Waals surface area contributed by atoms with Crippen LogP contribution in [0.3, 0.4) is 0 Å². The maximum Gasteiger partial charge on any atom is 1.00 e. The van der Waals surface area contributed by atoms with Crippen LogP contribution in [0.25, 0.3) is 0 Å². The zero-order chi connectivity index (χ0) is 17.7. The Morgan fingerprint density at radius 2 is 0.870 bits per heavy atom. The van der Waals surface area contributed by atoms with Crippen LogP contribution in [0, 0.1) is 0 Å². The minimum Gasteiger partial charge on any atom is -0.748 e. The Balaban J connectivity index is -0.0000000675. The van der Waals surface area contributed by atoms with Crippen LogP contribution in [0.4, 0.5) is 0 Å². The first-order valence-electron chi connectivity index (χ1n) is 5.11. The van der Waals surface area contributed by atoms with Gasteiger partial charge in [0.15, 0.2) is 0 Å². The molecule has 0 rings (SSSR count). The van der Waals surface area contributed by atoms with E-state index in [0.717, 1.165) is 0 Å². The van der Waals surface area contributed by atoms with Crippen molar-refractivity contribution in [1.29, 1.82) is 0 Å². The summed E-state index contributed by atoms with van der Waals surface area (Å²) in [4.78, 5) is 0. The summed E-state index contributed by atoms with van der Waals surface area (Å²) < 4.78 is 84.9. The molecule has 0 saturated carbocycles. The summed E-state index contributed by atoms with van der Waals surface area (Å²) in [6.07, 6.45) is 0. The van der Waals surface area contributed by atoms with Crippen molar-refractivity contribution >= 4 is 30.4 Å². The molecule has 0 saturated heterocycles. The fourth-order valence-electron chi connectivity index (χ4n) is 0.438. The smallest absolute Gasteiger partial charge is 0.748 e. The van der Waals surface area contributed by atoms with E-state index >= 15 is 0 Å². The molecule has 0 aliphatic rings. The number of hydrogen-bond acceptors (Lipinski definition) is 11. The van der Waals surface area contributed by atoms with E-state index in [1.54, 1.807) is 0 Å². The fraction of sp³-hybridized carbons (Fsp3) is 1.00. The van der Waals surface area contributed by atoms with Gasteiger partial charge in [-0.2, -0.15) is 8.42 Å². The monoisotopic (exact) mass is 419 g/mol. The predicted molar refractivity (Wildman–Crippen MR) is 72.7 cm³/mol. The molecule has 0 fully saturated rings. The molecular formula is C6H19N3Na2O9S3. The Morgan fingerprint density at radius 3 is 0.870 bits per heavy atom. The van der Waals surface area contributed by atoms with E-state index in [1.165, 1.54) is 0 Å². The van der Waals surface area contributed by atoms with Gasteiger partial charge in [-0.15, -0.1) is 0 Å². The van der Waals surface area contributed by atoms with Crippen molar-refractivity contribution in [3.63, 3.8) is 0 Å². The van der Waals surface area contributed by atoms with Crippen molar-refractivity contribution in [2.24, 2.45) is 17.2 Å². The minimum absolute atomic E-state index is 0. The van der Waals surface area contributed by atoms with E-state index in [2.05, 4.69) is 0 Å². The Hall–Kier alpha value is 1.61. The van der Waals surface area contributed by atoms with Crippen molar-refractivity contribution in [2.75, 3.05) is 36.9 Å². The van der Waals surface area contributed by atoms with Gasteiger partial charge in [0.2, 0.25) is 0 Å². The Bertz CT molecular complexity index is 468. The molecular weight excluding hydrogens is 400 g/mol. The van der Waals surface area contributed by atoms with Crippen molar-refractivity contribution < 1.29 is 98.0 Å². The van der Waals surface area contributed by atoms with Crippen LogP contribution in [0.5, 0.6) is 0 Å². The molecule has 23 heavy (non-hydrogen) atoms. The van der Waals surface area contributed by atoms with Gasteiger partial charge in [0.05, 0.1) is 37.5 Å². The van der Waals surface area contributed by atoms with E-state index in [1.807, 2.05) is 0 Å². The van der Waals surface area contributed by atoms with Crippen LogP contribution in [0.15, 0.2) is 0 Å². The molecule has 7 N–H and O–H groups in total. The Kier molecular flexibility index (Phi) is 28.5. The Labute approximate surface area is 180 Å². The van der Waals surface area contributed by atoms with Gasteiger partial charge >= 0.3 is 59.1 Å². The molecule has 0 amide bonds. The van der Waals surface area contributed by atoms with Crippen LogP contribution in [0.2, 0.25) is 0 Å². The third-order valence-electron chi connectivity index (χ3n) is 1.11. The second-order valence-corrected chi connectivity index (χ2v) is 7.79. The van der Waals surface area contributed by atoms with Crippen LogP contribution in [0.1, 0.15) is 0 Å². The molecule has 0 unspecified atom stereocenters. The average Bonchev–Trinajstić information content (AvgIpc) is 2.12. The number of nitrogens with two attached hydrogens (primary N) is 3. The second kappa shape index (κ2) is 18.4. The zero-order valence-corrected chi connectivity index (χ0v) is 19.4. The van der Waals surface area contributed by atoms with Gasteiger partial charge in [-0.05, 0) is 0 Å². The molecule has 0 aromatic heterocycles. The maximum atomic E-state index is 9.71. The summed E-state index contributed by atoms with van der Waals surface area (Å²) in [7, 11) is -11.9.